The number of ketones is 1. The highest BCUT2D eigenvalue weighted by molar-refractivity contribution is 6.30. The van der Waals surface area contributed by atoms with Crippen LogP contribution in [-0.2, 0) is 29.0 Å². The summed E-state index contributed by atoms with van der Waals surface area (Å²) in [6, 6.07) is 13.8. The molecule has 0 amide bonds. The van der Waals surface area contributed by atoms with E-state index in [1.807, 2.05) is 30.3 Å². The quantitative estimate of drug-likeness (QED) is 0.272. The highest BCUT2D eigenvalue weighted by Crippen LogP contribution is 2.38. The van der Waals surface area contributed by atoms with Gasteiger partial charge in [-0.15, -0.1) is 24.8 Å². The lowest BCUT2D eigenvalue weighted by Gasteiger charge is -2.36. The van der Waals surface area contributed by atoms with Gasteiger partial charge in [0.25, 0.3) is 0 Å². The molecule has 1 fully saturated rings. The third-order valence-electron chi connectivity index (χ3n) is 7.47. The summed E-state index contributed by atoms with van der Waals surface area (Å²) >= 11 is 5.98. The van der Waals surface area contributed by atoms with Crippen molar-refractivity contribution in [3.63, 3.8) is 0 Å². The van der Waals surface area contributed by atoms with Crippen LogP contribution in [0.2, 0.25) is 5.02 Å². The Bertz CT molecular complexity index is 1380. The Kier molecular flexibility index (Phi) is 12.2. The summed E-state index contributed by atoms with van der Waals surface area (Å²) in [4.78, 5) is 36.7. The largest absolute Gasteiger partial charge is 0.489 e. The third kappa shape index (κ3) is 8.47. The van der Waals surface area contributed by atoms with E-state index < -0.39 is 5.97 Å². The molecule has 2 aliphatic rings. The van der Waals surface area contributed by atoms with Gasteiger partial charge in [-0.2, -0.15) is 4.98 Å². The van der Waals surface area contributed by atoms with Crippen molar-refractivity contribution in [1.29, 1.82) is 0 Å². The number of fused-ring (bicyclic) bond motifs is 3. The second kappa shape index (κ2) is 15.4. The number of ether oxygens (including phenoxy) is 1. The van der Waals surface area contributed by atoms with E-state index in [4.69, 9.17) is 27.2 Å². The van der Waals surface area contributed by atoms with Crippen LogP contribution in [0.1, 0.15) is 42.4 Å². The molecule has 0 bridgehead atoms. The Morgan fingerprint density at radius 3 is 2.38 bits per heavy atom. The van der Waals surface area contributed by atoms with Gasteiger partial charge in [0.1, 0.15) is 24.0 Å². The molecule has 0 saturated carbocycles. The molecule has 0 spiro atoms. The van der Waals surface area contributed by atoms with E-state index in [2.05, 4.69) is 31.9 Å². The van der Waals surface area contributed by atoms with Crippen LogP contribution in [0.15, 0.2) is 42.5 Å². The molecule has 2 heterocycles. The maximum atomic E-state index is 12.4. The lowest BCUT2D eigenvalue weighted by Crippen LogP contribution is -2.48. The molecular formula is C30H36Cl3N5O4. The van der Waals surface area contributed by atoms with Crippen LogP contribution >= 0.6 is 36.4 Å². The standard InChI is InChI=1S/C30H34ClN5O4.2ClH/c31-22-8-5-20(6-9-22)19-40-24-10-12-25-21(17-24)7-11-26-28(25)33-30(32)34-29(26)36-15-13-35(14-16-36)18-23(37)3-1-2-4-27(38)39;;/h5-6,8-10,12,17H,1-4,7,11,13-16,18-19H2,(H,38,39)(H2,32,33,34);2*1H. The van der Waals surface area contributed by atoms with Crippen molar-refractivity contribution in [2.24, 2.45) is 0 Å². The van der Waals surface area contributed by atoms with E-state index in [-0.39, 0.29) is 43.0 Å². The molecule has 3 aromatic rings. The van der Waals surface area contributed by atoms with Gasteiger partial charge >= 0.3 is 5.97 Å². The Morgan fingerprint density at radius 1 is 0.952 bits per heavy atom. The lowest BCUT2D eigenvalue weighted by atomic mass is 9.88. The Labute approximate surface area is 263 Å². The molecule has 0 radical (unpaired) electrons. The van der Waals surface area contributed by atoms with Crippen molar-refractivity contribution in [2.75, 3.05) is 43.4 Å². The van der Waals surface area contributed by atoms with Gasteiger partial charge in [0.05, 0.1) is 12.2 Å². The van der Waals surface area contributed by atoms with E-state index in [1.54, 1.807) is 0 Å². The molecule has 1 saturated heterocycles. The number of hydrogen-bond acceptors (Lipinski definition) is 8. The van der Waals surface area contributed by atoms with Crippen molar-refractivity contribution in [2.45, 2.75) is 45.1 Å². The molecule has 0 unspecified atom stereocenters. The van der Waals surface area contributed by atoms with Crippen molar-refractivity contribution in [3.8, 4) is 17.0 Å². The molecule has 42 heavy (non-hydrogen) atoms. The normalized spacial score (nSPS) is 14.2. The number of anilines is 2. The highest BCUT2D eigenvalue weighted by Gasteiger charge is 2.27. The minimum Gasteiger partial charge on any atom is -0.489 e. The number of carbonyl (C=O) groups is 2. The third-order valence-corrected chi connectivity index (χ3v) is 7.72. The first-order valence-corrected chi connectivity index (χ1v) is 14.1. The lowest BCUT2D eigenvalue weighted by molar-refractivity contribution is -0.137. The van der Waals surface area contributed by atoms with Crippen LogP contribution in [0.3, 0.4) is 0 Å². The van der Waals surface area contributed by atoms with E-state index >= 15 is 0 Å². The van der Waals surface area contributed by atoms with Crippen LogP contribution in [0, 0.1) is 0 Å². The summed E-state index contributed by atoms with van der Waals surface area (Å²) in [5.74, 6) is 1.30. The van der Waals surface area contributed by atoms with E-state index in [0.29, 0.717) is 37.4 Å². The number of benzene rings is 2. The predicted octanol–water partition coefficient (Wildman–Crippen LogP) is 5.24. The molecule has 5 rings (SSSR count). The number of nitrogens with two attached hydrogens (primary N) is 1. The monoisotopic (exact) mass is 635 g/mol. The molecular weight excluding hydrogens is 601 g/mol. The van der Waals surface area contributed by atoms with Gasteiger partial charge in [-0.3, -0.25) is 14.5 Å². The second-order valence-electron chi connectivity index (χ2n) is 10.4. The maximum Gasteiger partial charge on any atom is 0.303 e. The molecule has 2 aromatic carbocycles. The van der Waals surface area contributed by atoms with Crippen LogP contribution in [0.5, 0.6) is 5.75 Å². The molecule has 9 nitrogen and oxygen atoms in total. The minimum atomic E-state index is -0.816. The number of piperazine rings is 1. The number of halogens is 3. The predicted molar refractivity (Wildman–Crippen MR) is 169 cm³/mol. The van der Waals surface area contributed by atoms with Crippen molar-refractivity contribution >= 4 is 59.9 Å². The summed E-state index contributed by atoms with van der Waals surface area (Å²) in [5, 5.41) is 9.45. The topological polar surface area (TPSA) is 122 Å². The molecule has 1 aromatic heterocycles. The number of rotatable bonds is 11. The first-order chi connectivity index (χ1) is 19.4. The summed E-state index contributed by atoms with van der Waals surface area (Å²) < 4.78 is 6.04. The van der Waals surface area contributed by atoms with Gasteiger partial charge in [-0.05, 0) is 67.1 Å². The summed E-state index contributed by atoms with van der Waals surface area (Å²) in [6.07, 6.45) is 3.37. The number of nitrogens with zero attached hydrogens (tertiary/aromatic N) is 4. The fourth-order valence-electron chi connectivity index (χ4n) is 5.35. The van der Waals surface area contributed by atoms with Gasteiger partial charge in [0.2, 0.25) is 5.95 Å². The first-order valence-electron chi connectivity index (χ1n) is 13.7. The zero-order valence-corrected chi connectivity index (χ0v) is 25.6. The van der Waals surface area contributed by atoms with Gasteiger partial charge in [0.15, 0.2) is 0 Å². The first kappa shape index (κ1) is 33.4. The Balaban J connectivity index is 0.00000242. The number of aryl methyl sites for hydroxylation is 1. The Hall–Kier alpha value is -3.11. The summed E-state index contributed by atoms with van der Waals surface area (Å²) in [7, 11) is 0. The van der Waals surface area contributed by atoms with Gasteiger partial charge in [-0.1, -0.05) is 23.7 Å². The van der Waals surface area contributed by atoms with Gasteiger partial charge in [0, 0.05) is 55.2 Å². The number of aromatic nitrogens is 2. The molecule has 226 valence electrons. The molecule has 0 atom stereocenters. The number of aliphatic carboxylic acids is 1. The summed E-state index contributed by atoms with van der Waals surface area (Å²) in [5.41, 5.74) is 11.5. The SMILES string of the molecule is Cl.Cl.Nc1nc2c(c(N3CCN(CC(=O)CCCCC(=O)O)CC3)n1)CCc1cc(OCc3ccc(Cl)cc3)ccc1-2. The van der Waals surface area contributed by atoms with Gasteiger partial charge in [-0.25, -0.2) is 4.98 Å². The Morgan fingerprint density at radius 2 is 1.67 bits per heavy atom. The zero-order valence-electron chi connectivity index (χ0n) is 23.3. The van der Waals surface area contributed by atoms with E-state index in [1.165, 1.54) is 5.56 Å². The number of Topliss-reactive ketones (excluding diaryl/α,β-unsaturated/α-hetero) is 1. The van der Waals surface area contributed by atoms with Crippen LogP contribution in [-0.4, -0.2) is 64.5 Å². The number of hydrogen-bond donors (Lipinski definition) is 2. The highest BCUT2D eigenvalue weighted by atomic mass is 35.5. The number of carbonyl (C=O) groups excluding carboxylic acids is 1. The fourth-order valence-corrected chi connectivity index (χ4v) is 5.48. The number of carboxylic acids is 1. The molecule has 1 aliphatic heterocycles. The second-order valence-corrected chi connectivity index (χ2v) is 10.8. The summed E-state index contributed by atoms with van der Waals surface area (Å²) in [6.45, 7) is 3.88. The van der Waals surface area contributed by atoms with Crippen LogP contribution < -0.4 is 15.4 Å². The zero-order chi connectivity index (χ0) is 28.1. The van der Waals surface area contributed by atoms with E-state index in [9.17, 15) is 9.59 Å². The fraction of sp³-hybridized carbons (Fsp3) is 0.400. The number of carboxylic acid groups (broad SMARTS) is 1. The average molecular weight is 637 g/mol. The molecule has 3 N–H and O–H groups in total. The minimum absolute atomic E-state index is 0. The van der Waals surface area contributed by atoms with E-state index in [0.717, 1.165) is 73.0 Å². The van der Waals surface area contributed by atoms with Crippen molar-refractivity contribution < 1.29 is 19.4 Å². The maximum absolute atomic E-state index is 12.4. The van der Waals surface area contributed by atoms with Crippen molar-refractivity contribution in [1.82, 2.24) is 14.9 Å². The van der Waals surface area contributed by atoms with Crippen LogP contribution in [0.4, 0.5) is 11.8 Å². The molecule has 1 aliphatic carbocycles. The smallest absolute Gasteiger partial charge is 0.303 e. The number of nitrogen functional groups attached to an aromatic ring is 1. The molecule has 12 heteroatoms. The average Bonchev–Trinajstić information content (AvgIpc) is 2.94. The van der Waals surface area contributed by atoms with Gasteiger partial charge < -0.3 is 20.5 Å². The van der Waals surface area contributed by atoms with Crippen molar-refractivity contribution in [3.05, 3.63) is 64.2 Å². The van der Waals surface area contributed by atoms with Crippen LogP contribution in [0.25, 0.3) is 11.3 Å². The number of unbranched alkanes of at least 4 members (excludes halogenated alkanes) is 1.